The van der Waals surface area contributed by atoms with Gasteiger partial charge in [-0.1, -0.05) is 30.3 Å². The maximum absolute atomic E-state index is 12.9. The molecule has 2 N–H and O–H groups in total. The van der Waals surface area contributed by atoms with Crippen LogP contribution in [-0.4, -0.2) is 29.8 Å². The Morgan fingerprint density at radius 1 is 0.963 bits per heavy atom. The average Bonchev–Trinajstić information content (AvgIpc) is 2.67. The highest BCUT2D eigenvalue weighted by molar-refractivity contribution is 6.01. The largest absolute Gasteiger partial charge is 0.416 e. The number of carbonyl (C=O) groups is 2. The Kier molecular flexibility index (Phi) is 5.21. The van der Waals surface area contributed by atoms with Gasteiger partial charge in [0.25, 0.3) is 5.91 Å². The number of hydrogen-bond acceptors (Lipinski definition) is 2. The van der Waals surface area contributed by atoms with E-state index in [1.165, 1.54) is 12.1 Å². The minimum Gasteiger partial charge on any atom is -0.369 e. The highest BCUT2D eigenvalue weighted by Gasteiger charge is 2.30. The van der Waals surface area contributed by atoms with Crippen molar-refractivity contribution in [2.24, 2.45) is 11.7 Å². The molecule has 0 aliphatic carbocycles. The molecular formula is C20H19F3N2O2. The fraction of sp³-hybridized carbons (Fsp3) is 0.300. The molecule has 1 heterocycles. The minimum atomic E-state index is -4.40. The van der Waals surface area contributed by atoms with E-state index in [0.717, 1.165) is 12.1 Å². The number of piperidine rings is 1. The summed E-state index contributed by atoms with van der Waals surface area (Å²) >= 11 is 0. The van der Waals surface area contributed by atoms with Crippen molar-refractivity contribution in [1.82, 2.24) is 4.90 Å². The van der Waals surface area contributed by atoms with E-state index < -0.39 is 11.7 Å². The molecule has 4 nitrogen and oxygen atoms in total. The van der Waals surface area contributed by atoms with E-state index in [1.54, 1.807) is 29.2 Å². The lowest BCUT2D eigenvalue weighted by Crippen LogP contribution is -2.41. The maximum Gasteiger partial charge on any atom is 0.416 e. The first-order valence-corrected chi connectivity index (χ1v) is 8.62. The Hall–Kier alpha value is -2.83. The number of amides is 2. The second kappa shape index (κ2) is 7.42. The fourth-order valence-corrected chi connectivity index (χ4v) is 3.30. The van der Waals surface area contributed by atoms with Gasteiger partial charge in [-0.05, 0) is 42.2 Å². The minimum absolute atomic E-state index is 0.201. The SMILES string of the molecule is NC(=O)C1CCN(C(=O)c2ccccc2-c2ccc(C(F)(F)F)cc2)CC1. The number of carbonyl (C=O) groups excluding carboxylic acids is 2. The molecule has 142 valence electrons. The van der Waals surface area contributed by atoms with Crippen LogP contribution in [0.4, 0.5) is 13.2 Å². The molecular weight excluding hydrogens is 357 g/mol. The van der Waals surface area contributed by atoms with E-state index in [1.807, 2.05) is 0 Å². The molecule has 0 atom stereocenters. The monoisotopic (exact) mass is 376 g/mol. The predicted molar refractivity (Wildman–Crippen MR) is 94.7 cm³/mol. The third kappa shape index (κ3) is 4.13. The molecule has 7 heteroatoms. The third-order valence-corrected chi connectivity index (χ3v) is 4.87. The van der Waals surface area contributed by atoms with Crippen LogP contribution in [0.1, 0.15) is 28.8 Å². The van der Waals surface area contributed by atoms with Crippen molar-refractivity contribution in [2.75, 3.05) is 13.1 Å². The lowest BCUT2D eigenvalue weighted by atomic mass is 9.94. The summed E-state index contributed by atoms with van der Waals surface area (Å²) in [4.78, 5) is 25.9. The van der Waals surface area contributed by atoms with Crippen molar-refractivity contribution in [3.8, 4) is 11.1 Å². The molecule has 1 aliphatic heterocycles. The maximum atomic E-state index is 12.9. The molecule has 2 amide bonds. The first-order chi connectivity index (χ1) is 12.8. The van der Waals surface area contributed by atoms with Crippen LogP contribution in [-0.2, 0) is 11.0 Å². The van der Waals surface area contributed by atoms with Crippen LogP contribution in [0.15, 0.2) is 48.5 Å². The molecule has 0 unspecified atom stereocenters. The highest BCUT2D eigenvalue weighted by atomic mass is 19.4. The van der Waals surface area contributed by atoms with E-state index in [9.17, 15) is 22.8 Å². The van der Waals surface area contributed by atoms with Crippen molar-refractivity contribution in [3.63, 3.8) is 0 Å². The first-order valence-electron chi connectivity index (χ1n) is 8.62. The van der Waals surface area contributed by atoms with Gasteiger partial charge in [0.1, 0.15) is 0 Å². The summed E-state index contributed by atoms with van der Waals surface area (Å²) in [6.45, 7) is 0.849. The average molecular weight is 376 g/mol. The summed E-state index contributed by atoms with van der Waals surface area (Å²) < 4.78 is 38.3. The molecule has 1 aliphatic rings. The van der Waals surface area contributed by atoms with Crippen LogP contribution in [0.2, 0.25) is 0 Å². The van der Waals surface area contributed by atoms with Crippen LogP contribution in [0, 0.1) is 5.92 Å². The molecule has 0 bridgehead atoms. The number of rotatable bonds is 3. The van der Waals surface area contributed by atoms with Crippen LogP contribution in [0.3, 0.4) is 0 Å². The van der Waals surface area contributed by atoms with E-state index >= 15 is 0 Å². The second-order valence-electron chi connectivity index (χ2n) is 6.59. The summed E-state index contributed by atoms with van der Waals surface area (Å²) in [5.41, 5.74) is 6.13. The summed E-state index contributed by atoms with van der Waals surface area (Å²) in [6.07, 6.45) is -3.37. The van der Waals surface area contributed by atoms with E-state index in [4.69, 9.17) is 5.73 Å². The number of benzene rings is 2. The van der Waals surface area contributed by atoms with Crippen LogP contribution in [0.25, 0.3) is 11.1 Å². The van der Waals surface area contributed by atoms with Gasteiger partial charge in [0.05, 0.1) is 5.56 Å². The Bertz CT molecular complexity index is 839. The zero-order valence-electron chi connectivity index (χ0n) is 14.5. The van der Waals surface area contributed by atoms with Gasteiger partial charge in [0, 0.05) is 24.6 Å². The molecule has 27 heavy (non-hydrogen) atoms. The number of halogens is 3. The number of nitrogens with two attached hydrogens (primary N) is 1. The first kappa shape index (κ1) is 18.9. The number of primary amides is 1. The number of hydrogen-bond donors (Lipinski definition) is 1. The zero-order chi connectivity index (χ0) is 19.6. The number of alkyl halides is 3. The Morgan fingerprint density at radius 2 is 1.56 bits per heavy atom. The van der Waals surface area contributed by atoms with Gasteiger partial charge >= 0.3 is 6.18 Å². The Morgan fingerprint density at radius 3 is 2.11 bits per heavy atom. The normalized spacial score (nSPS) is 15.6. The van der Waals surface area contributed by atoms with Gasteiger partial charge in [-0.3, -0.25) is 9.59 Å². The molecule has 0 aromatic heterocycles. The van der Waals surface area contributed by atoms with Crippen molar-refractivity contribution in [1.29, 1.82) is 0 Å². The van der Waals surface area contributed by atoms with Gasteiger partial charge in [0.15, 0.2) is 0 Å². The van der Waals surface area contributed by atoms with E-state index in [2.05, 4.69) is 0 Å². The van der Waals surface area contributed by atoms with Gasteiger partial charge in [-0.25, -0.2) is 0 Å². The predicted octanol–water partition coefficient (Wildman–Crippen LogP) is 3.71. The summed E-state index contributed by atoms with van der Waals surface area (Å²) in [5.74, 6) is -0.778. The number of nitrogens with zero attached hydrogens (tertiary/aromatic N) is 1. The van der Waals surface area contributed by atoms with Crippen molar-refractivity contribution >= 4 is 11.8 Å². The zero-order valence-corrected chi connectivity index (χ0v) is 14.5. The Labute approximate surface area is 154 Å². The summed E-state index contributed by atoms with van der Waals surface area (Å²) in [6, 6.07) is 11.6. The number of likely N-dealkylation sites (tertiary alicyclic amines) is 1. The van der Waals surface area contributed by atoms with Gasteiger partial charge in [-0.15, -0.1) is 0 Å². The summed E-state index contributed by atoms with van der Waals surface area (Å²) in [7, 11) is 0. The van der Waals surface area contributed by atoms with Gasteiger partial charge < -0.3 is 10.6 Å². The molecule has 2 aromatic carbocycles. The van der Waals surface area contributed by atoms with Crippen LogP contribution >= 0.6 is 0 Å². The molecule has 0 radical (unpaired) electrons. The topological polar surface area (TPSA) is 63.4 Å². The van der Waals surface area contributed by atoms with Crippen LogP contribution in [0.5, 0.6) is 0 Å². The molecule has 0 spiro atoms. The van der Waals surface area contributed by atoms with Crippen molar-refractivity contribution in [2.45, 2.75) is 19.0 Å². The second-order valence-corrected chi connectivity index (χ2v) is 6.59. The lowest BCUT2D eigenvalue weighted by molar-refractivity contribution is -0.137. The quantitative estimate of drug-likeness (QED) is 0.888. The highest BCUT2D eigenvalue weighted by Crippen LogP contribution is 2.32. The van der Waals surface area contributed by atoms with E-state index in [0.29, 0.717) is 42.6 Å². The Balaban J connectivity index is 1.84. The molecule has 2 aromatic rings. The standard InChI is InChI=1S/C20H19F3N2O2/c21-20(22,23)15-7-5-13(6-8-15)16-3-1-2-4-17(16)19(27)25-11-9-14(10-12-25)18(24)26/h1-8,14H,9-12H2,(H2,24,26). The fourth-order valence-electron chi connectivity index (χ4n) is 3.30. The third-order valence-electron chi connectivity index (χ3n) is 4.87. The van der Waals surface area contributed by atoms with Crippen molar-refractivity contribution < 1.29 is 22.8 Å². The lowest BCUT2D eigenvalue weighted by Gasteiger charge is -2.31. The van der Waals surface area contributed by atoms with Crippen molar-refractivity contribution in [3.05, 3.63) is 59.7 Å². The smallest absolute Gasteiger partial charge is 0.369 e. The molecule has 0 saturated carbocycles. The molecule has 3 rings (SSSR count). The molecule has 1 fully saturated rings. The van der Waals surface area contributed by atoms with E-state index in [-0.39, 0.29) is 17.7 Å². The summed E-state index contributed by atoms with van der Waals surface area (Å²) in [5, 5.41) is 0. The van der Waals surface area contributed by atoms with Crippen LogP contribution < -0.4 is 5.73 Å². The van der Waals surface area contributed by atoms with Gasteiger partial charge in [0.2, 0.25) is 5.91 Å². The molecule has 1 saturated heterocycles. The van der Waals surface area contributed by atoms with Gasteiger partial charge in [-0.2, -0.15) is 13.2 Å².